The molecule has 0 aliphatic heterocycles. The minimum Gasteiger partial charge on any atom is -0.0815 e. The molecule has 0 N–H and O–H groups in total. The first kappa shape index (κ1) is 9.46. The van der Waals surface area contributed by atoms with Crippen molar-refractivity contribution in [1.29, 1.82) is 0 Å². The van der Waals surface area contributed by atoms with Crippen LogP contribution in [0.15, 0.2) is 0 Å². The fourth-order valence-corrected chi connectivity index (χ4v) is 1.30. The highest BCUT2D eigenvalue weighted by Crippen LogP contribution is 2.20. The lowest BCUT2D eigenvalue weighted by Crippen LogP contribution is -2.10. The molecule has 1 radical (unpaired) electrons. The molecule has 0 rings (SSSR count). The molecule has 0 fully saturated rings. The van der Waals surface area contributed by atoms with Crippen molar-refractivity contribution in [2.75, 3.05) is 0 Å². The summed E-state index contributed by atoms with van der Waals surface area (Å²) in [5, 5.41) is 0. The quantitative estimate of drug-likeness (QED) is 0.548. The Hall–Kier alpha value is 1.46. The summed E-state index contributed by atoms with van der Waals surface area (Å²) in [6.45, 7) is 6.06. The third-order valence-corrected chi connectivity index (χ3v) is 5.67. The molecule has 0 amide bonds. The molecule has 0 spiro atoms. The molecule has 0 heterocycles. The lowest BCUT2D eigenvalue weighted by Gasteiger charge is -2.10. The van der Waals surface area contributed by atoms with Crippen LogP contribution in [0.4, 0.5) is 0 Å². The van der Waals surface area contributed by atoms with Crippen molar-refractivity contribution >= 4 is 45.2 Å². The summed E-state index contributed by atoms with van der Waals surface area (Å²) < 4.78 is 1.57. The van der Waals surface area contributed by atoms with Gasteiger partial charge in [-0.15, -0.1) is 0 Å². The third-order valence-electron chi connectivity index (χ3n) is 1.06. The summed E-state index contributed by atoms with van der Waals surface area (Å²) in [6, 6.07) is 0. The maximum atomic E-state index is 3.84. The first-order valence-corrected chi connectivity index (χ1v) is 5.28. The van der Waals surface area contributed by atoms with Gasteiger partial charge in [-0.25, -0.2) is 0 Å². The summed E-state index contributed by atoms with van der Waals surface area (Å²) in [4.78, 5) is 0. The standard InChI is InChI=1S/C6H11I2/c1-3-5(7)6(8)4-2/h5-6H,1,3-4H2,2H3. The fourth-order valence-electron chi connectivity index (χ4n) is 0.437. The fraction of sp³-hybridized carbons (Fsp3) is 0.833. The van der Waals surface area contributed by atoms with Crippen LogP contribution in [0.25, 0.3) is 0 Å². The lowest BCUT2D eigenvalue weighted by molar-refractivity contribution is 0.811. The summed E-state index contributed by atoms with van der Waals surface area (Å²) in [5.74, 6) is 0. The minimum absolute atomic E-state index is 0.762. The normalized spacial score (nSPS) is 18.0. The molecule has 0 aromatic carbocycles. The van der Waals surface area contributed by atoms with Gasteiger partial charge in [0, 0.05) is 7.85 Å². The first-order chi connectivity index (χ1) is 3.72. The number of rotatable bonds is 3. The van der Waals surface area contributed by atoms with Crippen molar-refractivity contribution in [2.45, 2.75) is 27.6 Å². The second-order valence-corrected chi connectivity index (χ2v) is 4.93. The molecule has 0 aromatic rings. The van der Waals surface area contributed by atoms with Gasteiger partial charge in [-0.1, -0.05) is 59.0 Å². The van der Waals surface area contributed by atoms with Gasteiger partial charge in [0.2, 0.25) is 0 Å². The first-order valence-electron chi connectivity index (χ1n) is 2.79. The van der Waals surface area contributed by atoms with E-state index in [9.17, 15) is 0 Å². The highest BCUT2D eigenvalue weighted by atomic mass is 127. The van der Waals surface area contributed by atoms with Gasteiger partial charge in [-0.05, 0) is 12.8 Å². The maximum absolute atomic E-state index is 3.84. The third kappa shape index (κ3) is 3.48. The monoisotopic (exact) mass is 337 g/mol. The van der Waals surface area contributed by atoms with E-state index < -0.39 is 0 Å². The van der Waals surface area contributed by atoms with Gasteiger partial charge in [-0.2, -0.15) is 0 Å². The van der Waals surface area contributed by atoms with Gasteiger partial charge in [0.25, 0.3) is 0 Å². The zero-order valence-corrected chi connectivity index (χ0v) is 9.35. The van der Waals surface area contributed by atoms with Crippen LogP contribution in [0.3, 0.4) is 0 Å². The smallest absolute Gasteiger partial charge is 0.0227 e. The van der Waals surface area contributed by atoms with Gasteiger partial charge in [-0.3, -0.25) is 0 Å². The molecule has 0 aromatic heterocycles. The number of halogens is 2. The van der Waals surface area contributed by atoms with Crippen molar-refractivity contribution in [3.8, 4) is 0 Å². The van der Waals surface area contributed by atoms with Crippen molar-refractivity contribution in [2.24, 2.45) is 0 Å². The van der Waals surface area contributed by atoms with E-state index >= 15 is 0 Å². The Morgan fingerprint density at radius 3 is 2.00 bits per heavy atom. The van der Waals surface area contributed by atoms with Crippen LogP contribution < -0.4 is 0 Å². The Morgan fingerprint density at radius 2 is 1.88 bits per heavy atom. The molecule has 2 atom stereocenters. The molecule has 2 unspecified atom stereocenters. The van der Waals surface area contributed by atoms with Crippen LogP contribution in [0, 0.1) is 6.92 Å². The van der Waals surface area contributed by atoms with Crippen LogP contribution in [0.2, 0.25) is 0 Å². The van der Waals surface area contributed by atoms with E-state index in [-0.39, 0.29) is 0 Å². The van der Waals surface area contributed by atoms with E-state index in [1.807, 2.05) is 0 Å². The van der Waals surface area contributed by atoms with Gasteiger partial charge < -0.3 is 0 Å². The van der Waals surface area contributed by atoms with Crippen molar-refractivity contribution in [1.82, 2.24) is 0 Å². The Bertz CT molecular complexity index is 46.5. The molecular weight excluding hydrogens is 326 g/mol. The average molecular weight is 337 g/mol. The molecule has 8 heavy (non-hydrogen) atoms. The van der Waals surface area contributed by atoms with Gasteiger partial charge >= 0.3 is 0 Å². The molecular formula is C6H11I2. The van der Waals surface area contributed by atoms with E-state index in [1.54, 1.807) is 0 Å². The molecule has 2 heteroatoms. The predicted molar refractivity (Wildman–Crippen MR) is 55.9 cm³/mol. The lowest BCUT2D eigenvalue weighted by atomic mass is 10.2. The topological polar surface area (TPSA) is 0 Å². The van der Waals surface area contributed by atoms with Crippen molar-refractivity contribution in [3.63, 3.8) is 0 Å². The molecule has 0 bridgehead atoms. The highest BCUT2D eigenvalue weighted by Gasteiger charge is 2.09. The van der Waals surface area contributed by atoms with Gasteiger partial charge in [0.05, 0.1) is 0 Å². The second kappa shape index (κ2) is 5.26. The van der Waals surface area contributed by atoms with Crippen LogP contribution >= 0.6 is 45.2 Å². The SMILES string of the molecule is [CH2]CC(I)C(I)CC. The minimum atomic E-state index is 0.762. The highest BCUT2D eigenvalue weighted by molar-refractivity contribution is 14.1. The second-order valence-electron chi connectivity index (χ2n) is 1.73. The Labute approximate surface area is 79.1 Å². The Morgan fingerprint density at radius 1 is 1.38 bits per heavy atom. The number of hydrogen-bond acceptors (Lipinski definition) is 0. The summed E-state index contributed by atoms with van der Waals surface area (Å²) in [5.41, 5.74) is 0. The number of hydrogen-bond donors (Lipinski definition) is 0. The molecule has 0 aliphatic rings. The molecule has 49 valence electrons. The summed E-state index contributed by atoms with van der Waals surface area (Å²) in [7, 11) is 0. The van der Waals surface area contributed by atoms with Gasteiger partial charge in [0.1, 0.15) is 0 Å². The Balaban J connectivity index is 3.29. The largest absolute Gasteiger partial charge is 0.0815 e. The van der Waals surface area contributed by atoms with Crippen molar-refractivity contribution in [3.05, 3.63) is 6.92 Å². The van der Waals surface area contributed by atoms with Crippen LogP contribution in [-0.4, -0.2) is 7.85 Å². The van der Waals surface area contributed by atoms with E-state index in [4.69, 9.17) is 0 Å². The van der Waals surface area contributed by atoms with Crippen LogP contribution in [0.5, 0.6) is 0 Å². The van der Waals surface area contributed by atoms with Crippen LogP contribution in [0.1, 0.15) is 19.8 Å². The average Bonchev–Trinajstić information content (AvgIpc) is 1.84. The summed E-state index contributed by atoms with van der Waals surface area (Å²) in [6.07, 6.45) is 2.33. The molecule has 0 nitrogen and oxygen atoms in total. The van der Waals surface area contributed by atoms with E-state index in [1.165, 1.54) is 6.42 Å². The molecule has 0 saturated carbocycles. The van der Waals surface area contributed by atoms with E-state index in [0.717, 1.165) is 14.3 Å². The zero-order valence-electron chi connectivity index (χ0n) is 5.03. The predicted octanol–water partition coefficient (Wildman–Crippen LogP) is 3.23. The van der Waals surface area contributed by atoms with E-state index in [2.05, 4.69) is 59.0 Å². The zero-order chi connectivity index (χ0) is 6.57. The van der Waals surface area contributed by atoms with Gasteiger partial charge in [0.15, 0.2) is 0 Å². The molecule has 0 aliphatic carbocycles. The maximum Gasteiger partial charge on any atom is 0.0227 e. The molecule has 0 saturated heterocycles. The Kier molecular flexibility index (Phi) is 6.22. The summed E-state index contributed by atoms with van der Waals surface area (Å²) >= 11 is 4.95. The van der Waals surface area contributed by atoms with Crippen LogP contribution in [-0.2, 0) is 0 Å². The van der Waals surface area contributed by atoms with E-state index in [0.29, 0.717) is 0 Å². The van der Waals surface area contributed by atoms with Crippen molar-refractivity contribution < 1.29 is 0 Å². The number of alkyl halides is 2.